The largest absolute Gasteiger partial charge is 0.508 e. The Balaban J connectivity index is 1.37. The van der Waals surface area contributed by atoms with Crippen LogP contribution in [0.25, 0.3) is 6.08 Å². The fourth-order valence-corrected chi connectivity index (χ4v) is 3.51. The van der Waals surface area contributed by atoms with Gasteiger partial charge in [-0.2, -0.15) is 0 Å². The van der Waals surface area contributed by atoms with Crippen molar-refractivity contribution in [2.45, 2.75) is 25.8 Å². The molecule has 0 radical (unpaired) electrons. The van der Waals surface area contributed by atoms with Gasteiger partial charge in [-0.3, -0.25) is 9.80 Å². The number of phenolic OH excluding ortho intramolecular Hbond substituents is 1. The maximum absolute atomic E-state index is 9.37. The Morgan fingerprint density at radius 1 is 0.962 bits per heavy atom. The number of piperazine rings is 1. The first kappa shape index (κ1) is 18.7. The van der Waals surface area contributed by atoms with Gasteiger partial charge in [0, 0.05) is 38.8 Å². The van der Waals surface area contributed by atoms with Crippen LogP contribution in [0.5, 0.6) is 5.75 Å². The summed E-state index contributed by atoms with van der Waals surface area (Å²) in [5, 5.41) is 9.37. The van der Waals surface area contributed by atoms with Crippen LogP contribution in [0, 0.1) is 0 Å². The SMILES string of the molecule is C[C@@H](CCc1ccc(O)cc1)N1CCN(C/C=C/c2ccccc2)CC1. The summed E-state index contributed by atoms with van der Waals surface area (Å²) in [6, 6.07) is 18.7. The monoisotopic (exact) mass is 350 g/mol. The first-order valence-electron chi connectivity index (χ1n) is 9.66. The lowest BCUT2D eigenvalue weighted by atomic mass is 10.0. The number of aryl methyl sites for hydroxylation is 1. The molecule has 1 heterocycles. The smallest absolute Gasteiger partial charge is 0.115 e. The number of rotatable bonds is 7. The fraction of sp³-hybridized carbons (Fsp3) is 0.391. The molecular weight excluding hydrogens is 320 g/mol. The third-order valence-corrected chi connectivity index (χ3v) is 5.29. The molecule has 1 atom stereocenters. The Morgan fingerprint density at radius 2 is 1.65 bits per heavy atom. The molecule has 0 saturated carbocycles. The van der Waals surface area contributed by atoms with Crippen LogP contribution in [0.4, 0.5) is 0 Å². The van der Waals surface area contributed by atoms with Crippen LogP contribution in [0.1, 0.15) is 24.5 Å². The van der Waals surface area contributed by atoms with Crippen LogP contribution in [-0.2, 0) is 6.42 Å². The van der Waals surface area contributed by atoms with Crippen molar-refractivity contribution < 1.29 is 5.11 Å². The van der Waals surface area contributed by atoms with Crippen LogP contribution >= 0.6 is 0 Å². The van der Waals surface area contributed by atoms with E-state index in [0.29, 0.717) is 11.8 Å². The second-order valence-corrected chi connectivity index (χ2v) is 7.20. The van der Waals surface area contributed by atoms with Gasteiger partial charge < -0.3 is 5.11 Å². The normalized spacial score (nSPS) is 17.6. The van der Waals surface area contributed by atoms with Gasteiger partial charge >= 0.3 is 0 Å². The standard InChI is InChI=1S/C23H30N2O/c1-20(9-10-22-11-13-23(26)14-12-22)25-18-16-24(17-19-25)15-5-8-21-6-3-2-4-7-21/h2-8,11-14,20,26H,9-10,15-19H2,1H3/b8-5+/t20-/m0/s1. The predicted octanol–water partition coefficient (Wildman–Crippen LogP) is 4.04. The summed E-state index contributed by atoms with van der Waals surface area (Å²) in [5.41, 5.74) is 2.58. The fourth-order valence-electron chi connectivity index (χ4n) is 3.51. The van der Waals surface area contributed by atoms with Gasteiger partial charge in [-0.15, -0.1) is 0 Å². The van der Waals surface area contributed by atoms with E-state index in [0.717, 1.165) is 39.1 Å². The summed E-state index contributed by atoms with van der Waals surface area (Å²) in [6.07, 6.45) is 6.73. The third kappa shape index (κ3) is 5.72. The Kier molecular flexibility index (Phi) is 6.87. The Morgan fingerprint density at radius 3 is 2.35 bits per heavy atom. The minimum Gasteiger partial charge on any atom is -0.508 e. The van der Waals surface area contributed by atoms with Gasteiger partial charge in [0.15, 0.2) is 0 Å². The highest BCUT2D eigenvalue weighted by molar-refractivity contribution is 5.48. The molecule has 1 aliphatic heterocycles. The van der Waals surface area contributed by atoms with Crippen molar-refractivity contribution in [3.05, 3.63) is 71.8 Å². The van der Waals surface area contributed by atoms with E-state index in [-0.39, 0.29) is 0 Å². The maximum atomic E-state index is 9.37. The van der Waals surface area contributed by atoms with Gasteiger partial charge in [-0.1, -0.05) is 54.6 Å². The van der Waals surface area contributed by atoms with Gasteiger partial charge in [0.25, 0.3) is 0 Å². The van der Waals surface area contributed by atoms with Crippen molar-refractivity contribution in [3.63, 3.8) is 0 Å². The van der Waals surface area contributed by atoms with Crippen LogP contribution < -0.4 is 0 Å². The average Bonchev–Trinajstić information content (AvgIpc) is 2.69. The summed E-state index contributed by atoms with van der Waals surface area (Å²) in [7, 11) is 0. The first-order valence-corrected chi connectivity index (χ1v) is 9.66. The van der Waals surface area contributed by atoms with E-state index in [4.69, 9.17) is 0 Å². The van der Waals surface area contributed by atoms with E-state index in [1.165, 1.54) is 17.5 Å². The van der Waals surface area contributed by atoms with Gasteiger partial charge in [0.1, 0.15) is 5.75 Å². The molecule has 1 N–H and O–H groups in total. The zero-order valence-corrected chi connectivity index (χ0v) is 15.7. The molecule has 3 heteroatoms. The second-order valence-electron chi connectivity index (χ2n) is 7.20. The van der Waals surface area contributed by atoms with Crippen LogP contribution in [-0.4, -0.2) is 53.7 Å². The molecule has 138 valence electrons. The lowest BCUT2D eigenvalue weighted by Crippen LogP contribution is -2.49. The molecule has 2 aromatic rings. The van der Waals surface area contributed by atoms with Crippen molar-refractivity contribution >= 4 is 6.08 Å². The molecule has 0 bridgehead atoms. The molecule has 0 unspecified atom stereocenters. The zero-order chi connectivity index (χ0) is 18.2. The van der Waals surface area contributed by atoms with E-state index in [1.807, 2.05) is 12.1 Å². The van der Waals surface area contributed by atoms with Crippen molar-refractivity contribution in [1.82, 2.24) is 9.80 Å². The molecule has 1 aliphatic rings. The highest BCUT2D eigenvalue weighted by atomic mass is 16.3. The summed E-state index contributed by atoms with van der Waals surface area (Å²) >= 11 is 0. The quantitative estimate of drug-likeness (QED) is 0.816. The molecule has 1 fully saturated rings. The Labute approximate surface area is 157 Å². The highest BCUT2D eigenvalue weighted by Crippen LogP contribution is 2.15. The third-order valence-electron chi connectivity index (χ3n) is 5.29. The molecule has 3 nitrogen and oxygen atoms in total. The summed E-state index contributed by atoms with van der Waals surface area (Å²) in [5.74, 6) is 0.347. The molecule has 1 saturated heterocycles. The molecule has 0 aromatic heterocycles. The summed E-state index contributed by atoms with van der Waals surface area (Å²) < 4.78 is 0. The molecule has 2 aromatic carbocycles. The lowest BCUT2D eigenvalue weighted by Gasteiger charge is -2.37. The average molecular weight is 351 g/mol. The van der Waals surface area contributed by atoms with Gasteiger partial charge in [0.2, 0.25) is 0 Å². The van der Waals surface area contributed by atoms with Crippen molar-refractivity contribution in [3.8, 4) is 5.75 Å². The molecule has 0 aliphatic carbocycles. The van der Waals surface area contributed by atoms with E-state index in [9.17, 15) is 5.11 Å². The lowest BCUT2D eigenvalue weighted by molar-refractivity contribution is 0.106. The predicted molar refractivity (Wildman–Crippen MR) is 109 cm³/mol. The number of phenols is 1. The van der Waals surface area contributed by atoms with Gasteiger partial charge in [-0.05, 0) is 43.0 Å². The van der Waals surface area contributed by atoms with Gasteiger partial charge in [0.05, 0.1) is 0 Å². The summed E-state index contributed by atoms with van der Waals surface area (Å²) in [6.45, 7) is 7.95. The van der Waals surface area contributed by atoms with Crippen molar-refractivity contribution in [1.29, 1.82) is 0 Å². The molecular formula is C23H30N2O. The van der Waals surface area contributed by atoms with Crippen molar-refractivity contribution in [2.24, 2.45) is 0 Å². The van der Waals surface area contributed by atoms with E-state index in [2.05, 4.69) is 59.2 Å². The minimum atomic E-state index is 0.347. The first-order chi connectivity index (χ1) is 12.7. The molecule has 0 spiro atoms. The number of hydrogen-bond acceptors (Lipinski definition) is 3. The summed E-state index contributed by atoms with van der Waals surface area (Å²) in [4.78, 5) is 5.14. The second kappa shape index (κ2) is 9.56. The van der Waals surface area contributed by atoms with Crippen molar-refractivity contribution in [2.75, 3.05) is 32.7 Å². The maximum Gasteiger partial charge on any atom is 0.115 e. The number of nitrogens with zero attached hydrogens (tertiary/aromatic N) is 2. The minimum absolute atomic E-state index is 0.347. The molecule has 0 amide bonds. The van der Waals surface area contributed by atoms with E-state index in [1.54, 1.807) is 12.1 Å². The van der Waals surface area contributed by atoms with Crippen LogP contribution in [0.3, 0.4) is 0 Å². The highest BCUT2D eigenvalue weighted by Gasteiger charge is 2.20. The zero-order valence-electron chi connectivity index (χ0n) is 15.7. The van der Waals surface area contributed by atoms with E-state index < -0.39 is 0 Å². The molecule has 3 rings (SSSR count). The topological polar surface area (TPSA) is 26.7 Å². The van der Waals surface area contributed by atoms with Gasteiger partial charge in [-0.25, -0.2) is 0 Å². The van der Waals surface area contributed by atoms with E-state index >= 15 is 0 Å². The Bertz CT molecular complexity index is 673. The van der Waals surface area contributed by atoms with Crippen LogP contribution in [0.15, 0.2) is 60.7 Å². The Hall–Kier alpha value is -2.10. The number of benzene rings is 2. The molecule has 26 heavy (non-hydrogen) atoms. The number of hydrogen-bond donors (Lipinski definition) is 1. The van der Waals surface area contributed by atoms with Crippen LogP contribution in [0.2, 0.25) is 0 Å². The number of aromatic hydroxyl groups is 1.